The molecule has 1 aromatic carbocycles. The van der Waals surface area contributed by atoms with Crippen molar-refractivity contribution in [1.29, 1.82) is 0 Å². The zero-order valence-corrected chi connectivity index (χ0v) is 10.4. The molecule has 3 nitrogen and oxygen atoms in total. The molecule has 0 N–H and O–H groups in total. The van der Waals surface area contributed by atoms with Gasteiger partial charge in [0.05, 0.1) is 0 Å². The van der Waals surface area contributed by atoms with Crippen molar-refractivity contribution >= 4 is 11.8 Å². The molecule has 0 aromatic heterocycles. The van der Waals surface area contributed by atoms with Gasteiger partial charge in [-0.1, -0.05) is 37.5 Å². The largest absolute Gasteiger partial charge is 0.426 e. The van der Waals surface area contributed by atoms with Crippen LogP contribution in [0.2, 0.25) is 0 Å². The number of benzene rings is 1. The van der Waals surface area contributed by atoms with Gasteiger partial charge < -0.3 is 4.74 Å². The van der Waals surface area contributed by atoms with Gasteiger partial charge in [0, 0.05) is 6.42 Å². The molecule has 0 heterocycles. The van der Waals surface area contributed by atoms with Gasteiger partial charge in [-0.3, -0.25) is 9.59 Å². The molecular weight excluding hydrogens is 228 g/mol. The van der Waals surface area contributed by atoms with Crippen LogP contribution in [0.4, 0.5) is 0 Å². The summed E-state index contributed by atoms with van der Waals surface area (Å²) in [6.45, 7) is 0. The number of rotatable bonds is 2. The number of hydrogen-bond donors (Lipinski definition) is 0. The predicted molar refractivity (Wildman–Crippen MR) is 68.3 cm³/mol. The predicted octanol–water partition coefficient (Wildman–Crippen LogP) is 3.13. The van der Waals surface area contributed by atoms with Crippen molar-refractivity contribution in [3.8, 4) is 5.75 Å². The molecule has 0 bridgehead atoms. The Morgan fingerprint density at radius 1 is 1.06 bits per heavy atom. The van der Waals surface area contributed by atoms with Crippen LogP contribution in [-0.4, -0.2) is 11.8 Å². The highest BCUT2D eigenvalue weighted by Crippen LogP contribution is 2.22. The molecular formula is C15H18O3. The van der Waals surface area contributed by atoms with E-state index in [0.717, 1.165) is 25.7 Å². The van der Waals surface area contributed by atoms with Gasteiger partial charge in [-0.2, -0.15) is 0 Å². The van der Waals surface area contributed by atoms with Crippen LogP contribution < -0.4 is 4.74 Å². The molecule has 1 aliphatic carbocycles. The summed E-state index contributed by atoms with van der Waals surface area (Å²) >= 11 is 0. The van der Waals surface area contributed by atoms with Crippen LogP contribution in [0.15, 0.2) is 30.3 Å². The Kier molecular flexibility index (Phi) is 4.51. The Balaban J connectivity index is 2.00. The maximum Gasteiger partial charge on any atom is 0.321 e. The third kappa shape index (κ3) is 3.42. The molecule has 3 heteroatoms. The zero-order valence-electron chi connectivity index (χ0n) is 10.4. The molecule has 1 unspecified atom stereocenters. The number of para-hydroxylation sites is 1. The summed E-state index contributed by atoms with van der Waals surface area (Å²) in [7, 11) is 0. The maximum absolute atomic E-state index is 12.0. The highest BCUT2D eigenvalue weighted by Gasteiger charge is 2.28. The summed E-state index contributed by atoms with van der Waals surface area (Å²) in [4.78, 5) is 23.9. The first-order valence-electron chi connectivity index (χ1n) is 6.57. The molecule has 1 aliphatic rings. The Labute approximate surface area is 107 Å². The van der Waals surface area contributed by atoms with Crippen LogP contribution in [0.5, 0.6) is 5.75 Å². The van der Waals surface area contributed by atoms with Gasteiger partial charge in [-0.25, -0.2) is 0 Å². The van der Waals surface area contributed by atoms with E-state index in [1.54, 1.807) is 12.1 Å². The highest BCUT2D eigenvalue weighted by molar-refractivity contribution is 5.99. The lowest BCUT2D eigenvalue weighted by Gasteiger charge is -2.17. The molecule has 1 aromatic rings. The molecule has 0 radical (unpaired) electrons. The lowest BCUT2D eigenvalue weighted by Crippen LogP contribution is -2.29. The lowest BCUT2D eigenvalue weighted by atomic mass is 9.90. The van der Waals surface area contributed by atoms with Gasteiger partial charge in [0.2, 0.25) is 0 Å². The van der Waals surface area contributed by atoms with Crippen LogP contribution in [0.1, 0.15) is 38.5 Å². The maximum atomic E-state index is 12.0. The SMILES string of the molecule is O=C1CCCCCCC1C(=O)Oc1ccccc1. The summed E-state index contributed by atoms with van der Waals surface area (Å²) in [5, 5.41) is 0. The van der Waals surface area contributed by atoms with Gasteiger partial charge in [-0.15, -0.1) is 0 Å². The Morgan fingerprint density at radius 2 is 1.78 bits per heavy atom. The van der Waals surface area contributed by atoms with Gasteiger partial charge >= 0.3 is 5.97 Å². The zero-order chi connectivity index (χ0) is 12.8. The standard InChI is InChI=1S/C15H18O3/c16-14-11-7-2-1-6-10-13(14)15(17)18-12-8-4-3-5-9-12/h3-5,8-9,13H,1-2,6-7,10-11H2. The van der Waals surface area contributed by atoms with Crippen LogP contribution in [0.25, 0.3) is 0 Å². The van der Waals surface area contributed by atoms with E-state index in [1.807, 2.05) is 18.2 Å². The fourth-order valence-corrected chi connectivity index (χ4v) is 2.26. The average Bonchev–Trinajstić information content (AvgIpc) is 2.35. The Bertz CT molecular complexity index is 411. The third-order valence-corrected chi connectivity index (χ3v) is 3.30. The van der Waals surface area contributed by atoms with Crippen LogP contribution in [-0.2, 0) is 9.59 Å². The molecule has 0 aliphatic heterocycles. The number of ketones is 1. The van der Waals surface area contributed by atoms with Crippen LogP contribution in [0.3, 0.4) is 0 Å². The molecule has 96 valence electrons. The first-order chi connectivity index (χ1) is 8.77. The fraction of sp³-hybridized carbons (Fsp3) is 0.467. The van der Waals surface area contributed by atoms with Crippen molar-refractivity contribution in [2.75, 3.05) is 0 Å². The Morgan fingerprint density at radius 3 is 2.56 bits per heavy atom. The molecule has 1 fully saturated rings. The minimum atomic E-state index is -0.564. The average molecular weight is 246 g/mol. The first-order valence-corrected chi connectivity index (χ1v) is 6.57. The summed E-state index contributed by atoms with van der Waals surface area (Å²) < 4.78 is 5.26. The van der Waals surface area contributed by atoms with E-state index in [-0.39, 0.29) is 5.78 Å². The van der Waals surface area contributed by atoms with Crippen molar-refractivity contribution in [2.24, 2.45) is 5.92 Å². The van der Waals surface area contributed by atoms with Crippen molar-refractivity contribution in [3.63, 3.8) is 0 Å². The number of carbonyl (C=O) groups is 2. The van der Waals surface area contributed by atoms with Gasteiger partial charge in [0.15, 0.2) is 0 Å². The van der Waals surface area contributed by atoms with Crippen LogP contribution in [0, 0.1) is 5.92 Å². The number of esters is 1. The van der Waals surface area contributed by atoms with E-state index in [0.29, 0.717) is 18.6 Å². The lowest BCUT2D eigenvalue weighted by molar-refractivity contribution is -0.144. The minimum absolute atomic E-state index is 0.0376. The van der Waals surface area contributed by atoms with Gasteiger partial charge in [0.25, 0.3) is 0 Å². The van der Waals surface area contributed by atoms with Crippen LogP contribution >= 0.6 is 0 Å². The number of hydrogen-bond acceptors (Lipinski definition) is 3. The smallest absolute Gasteiger partial charge is 0.321 e. The topological polar surface area (TPSA) is 43.4 Å². The summed E-state index contributed by atoms with van der Waals surface area (Å²) in [6, 6.07) is 8.93. The van der Waals surface area contributed by atoms with E-state index in [4.69, 9.17) is 4.74 Å². The normalized spacial score (nSPS) is 20.9. The van der Waals surface area contributed by atoms with E-state index in [1.165, 1.54) is 0 Å². The van der Waals surface area contributed by atoms with Gasteiger partial charge in [-0.05, 0) is 25.0 Å². The second kappa shape index (κ2) is 6.34. The summed E-state index contributed by atoms with van der Waals surface area (Å²) in [5.41, 5.74) is 0. The molecule has 0 spiro atoms. The Hall–Kier alpha value is -1.64. The molecule has 1 saturated carbocycles. The monoisotopic (exact) mass is 246 g/mol. The minimum Gasteiger partial charge on any atom is -0.426 e. The highest BCUT2D eigenvalue weighted by atomic mass is 16.5. The number of Topliss-reactive ketones (excluding diaryl/α,β-unsaturated/α-hetero) is 1. The molecule has 18 heavy (non-hydrogen) atoms. The van der Waals surface area contributed by atoms with E-state index in [2.05, 4.69) is 0 Å². The molecule has 0 amide bonds. The number of carbonyl (C=O) groups excluding carboxylic acids is 2. The van der Waals surface area contributed by atoms with Gasteiger partial charge in [0.1, 0.15) is 17.5 Å². The van der Waals surface area contributed by atoms with E-state index in [9.17, 15) is 9.59 Å². The second-order valence-electron chi connectivity index (χ2n) is 4.71. The third-order valence-electron chi connectivity index (χ3n) is 3.30. The molecule has 0 saturated heterocycles. The molecule has 2 rings (SSSR count). The van der Waals surface area contributed by atoms with E-state index < -0.39 is 11.9 Å². The van der Waals surface area contributed by atoms with Crippen molar-refractivity contribution in [2.45, 2.75) is 38.5 Å². The second-order valence-corrected chi connectivity index (χ2v) is 4.71. The summed E-state index contributed by atoms with van der Waals surface area (Å²) in [6.07, 6.45) is 5.15. The van der Waals surface area contributed by atoms with Crippen molar-refractivity contribution in [1.82, 2.24) is 0 Å². The van der Waals surface area contributed by atoms with Crippen molar-refractivity contribution < 1.29 is 14.3 Å². The summed E-state index contributed by atoms with van der Waals surface area (Å²) in [5.74, 6) is -0.411. The van der Waals surface area contributed by atoms with E-state index >= 15 is 0 Å². The first kappa shape index (κ1) is 12.8. The fourth-order valence-electron chi connectivity index (χ4n) is 2.26. The number of ether oxygens (including phenoxy) is 1. The van der Waals surface area contributed by atoms with Crippen molar-refractivity contribution in [3.05, 3.63) is 30.3 Å². The quantitative estimate of drug-likeness (QED) is 0.457. The molecule has 1 atom stereocenters.